The maximum Gasteiger partial charge on any atom is 0.410 e. The Balaban J connectivity index is 2.16. The third-order valence-electron chi connectivity index (χ3n) is 4.66. The van der Waals surface area contributed by atoms with Crippen LogP contribution < -0.4 is 0 Å². The Morgan fingerprint density at radius 1 is 1.28 bits per heavy atom. The van der Waals surface area contributed by atoms with Gasteiger partial charge in [0.2, 0.25) is 0 Å². The van der Waals surface area contributed by atoms with Gasteiger partial charge in [-0.3, -0.25) is 15.1 Å². The minimum atomic E-state index is -0.774. The number of benzene rings is 1. The lowest BCUT2D eigenvalue weighted by Gasteiger charge is -2.37. The first kappa shape index (κ1) is 22.3. The van der Waals surface area contributed by atoms with Gasteiger partial charge < -0.3 is 14.4 Å². The second-order valence-corrected chi connectivity index (χ2v) is 8.21. The average Bonchev–Trinajstić information content (AvgIpc) is 2.64. The van der Waals surface area contributed by atoms with Crippen LogP contribution in [0, 0.1) is 10.1 Å². The summed E-state index contributed by atoms with van der Waals surface area (Å²) in [5.74, 6) is -0.774. The number of nitro groups is 1. The molecule has 158 valence electrons. The maximum atomic E-state index is 12.2. The summed E-state index contributed by atoms with van der Waals surface area (Å²) in [6.07, 6.45) is 2.25. The van der Waals surface area contributed by atoms with Gasteiger partial charge in [-0.05, 0) is 52.7 Å². The molecular weight excluding hydrogens is 378 g/mol. The number of hydrogen-bond acceptors (Lipinski definition) is 7. The number of carbonyl (C=O) groups excluding carboxylic acids is 2. The van der Waals surface area contributed by atoms with Gasteiger partial charge in [-0.15, -0.1) is 0 Å². The minimum Gasteiger partial charge on any atom is -0.465 e. The monoisotopic (exact) mass is 405 g/mol. The normalized spacial score (nSPS) is 16.5. The van der Waals surface area contributed by atoms with Crippen molar-refractivity contribution in [3.8, 4) is 0 Å². The van der Waals surface area contributed by atoms with Crippen molar-refractivity contribution in [2.45, 2.75) is 51.7 Å². The number of nitrogens with zero attached hydrogens (tertiary/aromatic N) is 3. The van der Waals surface area contributed by atoms with Crippen LogP contribution in [0.4, 0.5) is 10.5 Å². The zero-order chi connectivity index (χ0) is 21.8. The lowest BCUT2D eigenvalue weighted by molar-refractivity contribution is -0.385. The second-order valence-electron chi connectivity index (χ2n) is 8.21. The molecule has 0 radical (unpaired) electrons. The van der Waals surface area contributed by atoms with Crippen molar-refractivity contribution in [1.29, 1.82) is 0 Å². The Bertz CT molecular complexity index is 820. The van der Waals surface area contributed by atoms with Crippen LogP contribution in [0.5, 0.6) is 0 Å². The summed E-state index contributed by atoms with van der Waals surface area (Å²) in [5, 5.41) is 11.5. The molecule has 1 aromatic rings. The van der Waals surface area contributed by atoms with E-state index < -0.39 is 22.0 Å². The van der Waals surface area contributed by atoms with E-state index in [1.807, 2.05) is 27.7 Å². The summed E-state index contributed by atoms with van der Waals surface area (Å²) >= 11 is 0. The molecule has 9 nitrogen and oxygen atoms in total. The van der Waals surface area contributed by atoms with Gasteiger partial charge in [0, 0.05) is 19.3 Å². The van der Waals surface area contributed by atoms with E-state index in [2.05, 4.69) is 9.73 Å². The number of carbonyl (C=O) groups is 2. The fourth-order valence-corrected chi connectivity index (χ4v) is 3.00. The van der Waals surface area contributed by atoms with Crippen molar-refractivity contribution < 1.29 is 24.0 Å². The van der Waals surface area contributed by atoms with E-state index in [4.69, 9.17) is 4.74 Å². The number of likely N-dealkylation sites (tertiary alicyclic amines) is 1. The van der Waals surface area contributed by atoms with Gasteiger partial charge in [0.15, 0.2) is 0 Å². The molecule has 0 saturated carbocycles. The molecule has 0 unspecified atom stereocenters. The highest BCUT2D eigenvalue weighted by molar-refractivity contribution is 5.99. The first-order valence-electron chi connectivity index (χ1n) is 9.35. The molecule has 0 bridgehead atoms. The van der Waals surface area contributed by atoms with Gasteiger partial charge in [0.1, 0.15) is 11.2 Å². The van der Waals surface area contributed by atoms with E-state index in [-0.39, 0.29) is 22.9 Å². The fraction of sp³-hybridized carbons (Fsp3) is 0.550. The average molecular weight is 405 g/mol. The predicted octanol–water partition coefficient (Wildman–Crippen LogP) is 3.59. The molecule has 1 aliphatic heterocycles. The van der Waals surface area contributed by atoms with E-state index in [1.165, 1.54) is 25.5 Å². The third-order valence-corrected chi connectivity index (χ3v) is 4.66. The number of rotatable bonds is 4. The van der Waals surface area contributed by atoms with Crippen molar-refractivity contribution >= 4 is 24.0 Å². The second kappa shape index (κ2) is 8.59. The van der Waals surface area contributed by atoms with Crippen molar-refractivity contribution in [2.75, 3.05) is 20.2 Å². The van der Waals surface area contributed by atoms with E-state index in [0.29, 0.717) is 25.9 Å². The zero-order valence-electron chi connectivity index (χ0n) is 17.4. The topological polar surface area (TPSA) is 111 Å². The van der Waals surface area contributed by atoms with Crippen LogP contribution >= 0.6 is 0 Å². The Hall–Kier alpha value is -2.97. The number of ether oxygens (including phenoxy) is 2. The van der Waals surface area contributed by atoms with Gasteiger partial charge in [-0.1, -0.05) is 6.07 Å². The Morgan fingerprint density at radius 3 is 2.41 bits per heavy atom. The lowest BCUT2D eigenvalue weighted by atomic mass is 9.90. The van der Waals surface area contributed by atoms with Crippen molar-refractivity contribution in [3.05, 3.63) is 39.4 Å². The molecule has 0 N–H and O–H groups in total. The molecule has 1 amide bonds. The third kappa shape index (κ3) is 5.75. The van der Waals surface area contributed by atoms with Gasteiger partial charge in [-0.2, -0.15) is 0 Å². The van der Waals surface area contributed by atoms with Gasteiger partial charge in [-0.25, -0.2) is 9.59 Å². The van der Waals surface area contributed by atoms with Crippen molar-refractivity contribution in [1.82, 2.24) is 4.90 Å². The largest absolute Gasteiger partial charge is 0.465 e. The molecule has 1 aliphatic rings. The molecule has 9 heteroatoms. The molecule has 1 heterocycles. The summed E-state index contributed by atoms with van der Waals surface area (Å²) in [6.45, 7) is 8.35. The highest BCUT2D eigenvalue weighted by Crippen LogP contribution is 2.29. The van der Waals surface area contributed by atoms with E-state index in [1.54, 1.807) is 11.0 Å². The number of hydrogen-bond donors (Lipinski definition) is 0. The molecule has 1 aromatic carbocycles. The number of piperidine rings is 1. The summed E-state index contributed by atoms with van der Waals surface area (Å²) in [5.41, 5.74) is -1.26. The summed E-state index contributed by atoms with van der Waals surface area (Å²) in [4.78, 5) is 41.1. The first-order valence-corrected chi connectivity index (χ1v) is 9.35. The molecule has 29 heavy (non-hydrogen) atoms. The first-order chi connectivity index (χ1) is 13.5. The molecular formula is C20H27N3O6. The van der Waals surface area contributed by atoms with Gasteiger partial charge >= 0.3 is 12.1 Å². The SMILES string of the molecule is COC(=O)c1cccc(C=NC2(C)CCN(C(=O)OC(C)(C)C)CC2)c1[N+](=O)[O-]. The molecule has 0 atom stereocenters. The number of esters is 1. The molecule has 0 aliphatic carbocycles. The standard InChI is InChI=1S/C20H27N3O6/c1-19(2,3)29-18(25)22-11-9-20(4,10-12-22)21-13-14-7-6-8-15(17(24)28-5)16(14)23(26)27/h6-8,13H,9-12H2,1-5H3. The Kier molecular flexibility index (Phi) is 6.61. The molecule has 1 fully saturated rings. The Morgan fingerprint density at radius 2 is 1.90 bits per heavy atom. The van der Waals surface area contributed by atoms with Crippen LogP contribution in [0.2, 0.25) is 0 Å². The van der Waals surface area contributed by atoms with E-state index >= 15 is 0 Å². The molecule has 0 spiro atoms. The van der Waals surface area contributed by atoms with Crippen LogP contribution in [0.25, 0.3) is 0 Å². The number of nitro benzene ring substituents is 1. The van der Waals surface area contributed by atoms with Crippen LogP contribution in [0.15, 0.2) is 23.2 Å². The molecule has 2 rings (SSSR count). The van der Waals surface area contributed by atoms with Crippen molar-refractivity contribution in [3.63, 3.8) is 0 Å². The predicted molar refractivity (Wildman–Crippen MR) is 107 cm³/mol. The summed E-state index contributed by atoms with van der Waals surface area (Å²) in [6, 6.07) is 4.43. The minimum absolute atomic E-state index is 0.119. The fourth-order valence-electron chi connectivity index (χ4n) is 3.00. The number of methoxy groups -OCH3 is 1. The van der Waals surface area contributed by atoms with E-state index in [9.17, 15) is 19.7 Å². The summed E-state index contributed by atoms with van der Waals surface area (Å²) < 4.78 is 10.0. The van der Waals surface area contributed by atoms with Gasteiger partial charge in [0.25, 0.3) is 5.69 Å². The van der Waals surface area contributed by atoms with Gasteiger partial charge in [0.05, 0.1) is 23.1 Å². The maximum absolute atomic E-state index is 12.2. The smallest absolute Gasteiger partial charge is 0.410 e. The van der Waals surface area contributed by atoms with Crippen LogP contribution in [-0.2, 0) is 9.47 Å². The molecule has 1 saturated heterocycles. The number of para-hydroxylation sites is 1. The van der Waals surface area contributed by atoms with Crippen molar-refractivity contribution in [2.24, 2.45) is 4.99 Å². The molecule has 0 aromatic heterocycles. The zero-order valence-corrected chi connectivity index (χ0v) is 17.4. The summed E-state index contributed by atoms with van der Waals surface area (Å²) in [7, 11) is 1.17. The highest BCUT2D eigenvalue weighted by atomic mass is 16.6. The van der Waals surface area contributed by atoms with Crippen LogP contribution in [0.3, 0.4) is 0 Å². The number of aliphatic imine (C=N–C) groups is 1. The number of amides is 1. The quantitative estimate of drug-likeness (QED) is 0.327. The van der Waals surface area contributed by atoms with E-state index in [0.717, 1.165) is 0 Å². The van der Waals surface area contributed by atoms with Crippen LogP contribution in [0.1, 0.15) is 56.5 Å². The van der Waals surface area contributed by atoms with Crippen LogP contribution in [-0.4, -0.2) is 59.4 Å². The highest BCUT2D eigenvalue weighted by Gasteiger charge is 2.33. The lowest BCUT2D eigenvalue weighted by Crippen LogP contribution is -2.46. The Labute approximate surface area is 169 Å².